The SMILES string of the molecule is O=C(OCC(F)(F)S(=O)(=O)[O-])c1cccc(F)c1.[Na+]. The van der Waals surface area contributed by atoms with Gasteiger partial charge in [0.1, 0.15) is 5.82 Å². The molecule has 0 radical (unpaired) electrons. The van der Waals surface area contributed by atoms with Crippen molar-refractivity contribution in [3.05, 3.63) is 35.6 Å². The number of rotatable bonds is 4. The van der Waals surface area contributed by atoms with E-state index >= 15 is 0 Å². The molecule has 0 saturated carbocycles. The van der Waals surface area contributed by atoms with Crippen molar-refractivity contribution in [2.45, 2.75) is 5.25 Å². The van der Waals surface area contributed by atoms with Crippen molar-refractivity contribution in [1.82, 2.24) is 0 Å². The normalized spacial score (nSPS) is 11.6. The van der Waals surface area contributed by atoms with Gasteiger partial charge in [0.05, 0.1) is 5.56 Å². The van der Waals surface area contributed by atoms with Crippen molar-refractivity contribution in [1.29, 1.82) is 0 Å². The first kappa shape index (κ1) is 18.4. The molecule has 10 heteroatoms. The van der Waals surface area contributed by atoms with Crippen LogP contribution in [0.1, 0.15) is 10.4 Å². The maximum atomic E-state index is 12.7. The van der Waals surface area contributed by atoms with Gasteiger partial charge in [0, 0.05) is 0 Å². The topological polar surface area (TPSA) is 83.5 Å². The van der Waals surface area contributed by atoms with E-state index in [1.54, 1.807) is 0 Å². The summed E-state index contributed by atoms with van der Waals surface area (Å²) in [5, 5.41) is -4.73. The molecule has 1 aromatic rings. The van der Waals surface area contributed by atoms with E-state index in [2.05, 4.69) is 4.74 Å². The molecule has 1 rings (SSSR count). The number of carbonyl (C=O) groups excluding carboxylic acids is 1. The number of carbonyl (C=O) groups is 1. The molecule has 0 bridgehead atoms. The summed E-state index contributed by atoms with van der Waals surface area (Å²) in [5.74, 6) is -2.16. The summed E-state index contributed by atoms with van der Waals surface area (Å²) in [6.07, 6.45) is 0. The van der Waals surface area contributed by atoms with Gasteiger partial charge in [0.25, 0.3) is 0 Å². The van der Waals surface area contributed by atoms with Crippen LogP contribution < -0.4 is 29.6 Å². The van der Waals surface area contributed by atoms with Gasteiger partial charge in [0.15, 0.2) is 16.7 Å². The van der Waals surface area contributed by atoms with Crippen LogP contribution in [0.25, 0.3) is 0 Å². The number of hydrogen-bond acceptors (Lipinski definition) is 5. The van der Waals surface area contributed by atoms with Crippen LogP contribution in [0, 0.1) is 5.82 Å². The maximum absolute atomic E-state index is 12.7. The average Bonchev–Trinajstić information content (AvgIpc) is 2.24. The minimum Gasteiger partial charge on any atom is -0.743 e. The Kier molecular flexibility index (Phi) is 6.49. The Morgan fingerprint density at radius 3 is 2.42 bits per heavy atom. The fourth-order valence-corrected chi connectivity index (χ4v) is 1.12. The van der Waals surface area contributed by atoms with Crippen LogP contribution in [-0.4, -0.2) is 30.8 Å². The van der Waals surface area contributed by atoms with Crippen LogP contribution in [0.2, 0.25) is 0 Å². The predicted octanol–water partition coefficient (Wildman–Crippen LogP) is -1.88. The predicted molar refractivity (Wildman–Crippen MR) is 51.3 cm³/mol. The number of halogens is 3. The summed E-state index contributed by atoms with van der Waals surface area (Å²) in [5.41, 5.74) is -0.380. The van der Waals surface area contributed by atoms with Gasteiger partial charge in [-0.15, -0.1) is 0 Å². The standard InChI is InChI=1S/C9H7F3O5S.Na/c10-7-3-1-2-6(4-7)8(13)17-5-9(11,12)18(14,15)16;/h1-4H,5H2,(H,14,15,16);/q;+1/p-1. The molecule has 1 aromatic carbocycles. The zero-order valence-electron chi connectivity index (χ0n) is 9.60. The molecule has 0 aromatic heterocycles. The Bertz CT molecular complexity index is 561. The third-order valence-corrected chi connectivity index (χ3v) is 2.65. The van der Waals surface area contributed by atoms with Crippen molar-refractivity contribution in [3.8, 4) is 0 Å². The van der Waals surface area contributed by atoms with E-state index < -0.39 is 33.8 Å². The molecular weight excluding hydrogens is 300 g/mol. The molecule has 0 amide bonds. The van der Waals surface area contributed by atoms with Crippen LogP contribution >= 0.6 is 0 Å². The minimum absolute atomic E-state index is 0. The zero-order valence-corrected chi connectivity index (χ0v) is 12.4. The molecule has 0 atom stereocenters. The summed E-state index contributed by atoms with van der Waals surface area (Å²) in [7, 11) is -5.92. The quantitative estimate of drug-likeness (QED) is 0.369. The van der Waals surface area contributed by atoms with E-state index in [-0.39, 0.29) is 35.1 Å². The van der Waals surface area contributed by atoms with Crippen molar-refractivity contribution >= 4 is 16.1 Å². The summed E-state index contributed by atoms with van der Waals surface area (Å²) < 4.78 is 72.2. The Morgan fingerprint density at radius 1 is 1.37 bits per heavy atom. The third kappa shape index (κ3) is 5.11. The van der Waals surface area contributed by atoms with E-state index in [0.717, 1.165) is 18.2 Å². The van der Waals surface area contributed by atoms with Crippen molar-refractivity contribution in [2.24, 2.45) is 0 Å². The number of hydrogen-bond donors (Lipinski definition) is 0. The monoisotopic (exact) mass is 306 g/mol. The molecule has 100 valence electrons. The fraction of sp³-hybridized carbons (Fsp3) is 0.222. The van der Waals surface area contributed by atoms with Crippen LogP contribution in [0.15, 0.2) is 24.3 Å². The third-order valence-electron chi connectivity index (χ3n) is 1.80. The van der Waals surface area contributed by atoms with Crippen LogP contribution in [-0.2, 0) is 14.9 Å². The summed E-state index contributed by atoms with van der Waals surface area (Å²) >= 11 is 0. The molecule has 0 saturated heterocycles. The largest absolute Gasteiger partial charge is 1.00 e. The van der Waals surface area contributed by atoms with E-state index in [9.17, 15) is 30.9 Å². The van der Waals surface area contributed by atoms with Gasteiger partial charge in [-0.3, -0.25) is 0 Å². The van der Waals surface area contributed by atoms with Gasteiger partial charge in [-0.2, -0.15) is 8.78 Å². The Balaban J connectivity index is 0.00000324. The van der Waals surface area contributed by atoms with E-state index in [4.69, 9.17) is 0 Å². The Morgan fingerprint density at radius 2 is 1.95 bits per heavy atom. The van der Waals surface area contributed by atoms with Gasteiger partial charge in [-0.25, -0.2) is 17.6 Å². The molecule has 5 nitrogen and oxygen atoms in total. The molecule has 0 aliphatic carbocycles. The molecule has 0 spiro atoms. The zero-order chi connectivity index (χ0) is 14.0. The molecule has 0 N–H and O–H groups in total. The van der Waals surface area contributed by atoms with E-state index in [1.165, 1.54) is 0 Å². The van der Waals surface area contributed by atoms with Crippen LogP contribution in [0.4, 0.5) is 13.2 Å². The summed E-state index contributed by atoms with van der Waals surface area (Å²) in [4.78, 5) is 11.2. The molecule has 0 aliphatic heterocycles. The second kappa shape index (κ2) is 6.71. The van der Waals surface area contributed by atoms with Crippen molar-refractivity contribution < 1.29 is 65.2 Å². The molecule has 0 unspecified atom stereocenters. The molecular formula is C9H6F3NaO5S. The van der Waals surface area contributed by atoms with Crippen molar-refractivity contribution in [2.75, 3.05) is 6.61 Å². The Hall–Kier alpha value is -0.610. The fourth-order valence-electron chi connectivity index (χ4n) is 0.921. The van der Waals surface area contributed by atoms with Crippen LogP contribution in [0.5, 0.6) is 0 Å². The average molecular weight is 306 g/mol. The second-order valence-electron chi connectivity index (χ2n) is 3.18. The minimum atomic E-state index is -5.92. The molecule has 0 fully saturated rings. The second-order valence-corrected chi connectivity index (χ2v) is 4.68. The molecule has 0 heterocycles. The van der Waals surface area contributed by atoms with Gasteiger partial charge < -0.3 is 9.29 Å². The van der Waals surface area contributed by atoms with Crippen LogP contribution in [0.3, 0.4) is 0 Å². The number of alkyl halides is 2. The Labute approximate surface area is 128 Å². The van der Waals surface area contributed by atoms with Gasteiger partial charge in [-0.05, 0) is 18.2 Å². The summed E-state index contributed by atoms with van der Waals surface area (Å²) in [6, 6.07) is 3.93. The maximum Gasteiger partial charge on any atom is 1.00 e. The molecule has 19 heavy (non-hydrogen) atoms. The molecule has 0 aliphatic rings. The van der Waals surface area contributed by atoms with Gasteiger partial charge >= 0.3 is 40.8 Å². The summed E-state index contributed by atoms with van der Waals surface area (Å²) in [6.45, 7) is -1.92. The number of esters is 1. The van der Waals surface area contributed by atoms with E-state index in [0.29, 0.717) is 6.07 Å². The first-order chi connectivity index (χ1) is 8.13. The number of benzene rings is 1. The first-order valence-electron chi connectivity index (χ1n) is 4.39. The van der Waals surface area contributed by atoms with Gasteiger partial charge in [-0.1, -0.05) is 6.07 Å². The van der Waals surface area contributed by atoms with Crippen molar-refractivity contribution in [3.63, 3.8) is 0 Å². The number of ether oxygens (including phenoxy) is 1. The smallest absolute Gasteiger partial charge is 0.743 e. The first-order valence-corrected chi connectivity index (χ1v) is 5.80. The van der Waals surface area contributed by atoms with E-state index in [1.807, 2.05) is 0 Å². The van der Waals surface area contributed by atoms with Gasteiger partial charge in [0.2, 0.25) is 0 Å².